The van der Waals surface area contributed by atoms with Crippen LogP contribution < -0.4 is 10.1 Å². The molecule has 1 spiro atoms. The first-order valence-electron chi connectivity index (χ1n) is 11.0. The van der Waals surface area contributed by atoms with E-state index in [-0.39, 0.29) is 11.5 Å². The molecule has 2 heterocycles. The molecule has 2 aliphatic heterocycles. The van der Waals surface area contributed by atoms with Crippen molar-refractivity contribution in [3.8, 4) is 5.75 Å². The minimum absolute atomic E-state index is 0.130. The van der Waals surface area contributed by atoms with Crippen LogP contribution in [-0.4, -0.2) is 60.6 Å². The monoisotopic (exact) mass is 385 g/mol. The van der Waals surface area contributed by atoms with Gasteiger partial charge in [-0.25, -0.2) is 0 Å². The molecule has 1 aromatic carbocycles. The van der Waals surface area contributed by atoms with Crippen LogP contribution in [0.3, 0.4) is 0 Å². The van der Waals surface area contributed by atoms with Gasteiger partial charge in [-0.3, -0.25) is 9.69 Å². The summed E-state index contributed by atoms with van der Waals surface area (Å²) in [6.07, 6.45) is 6.54. The van der Waals surface area contributed by atoms with E-state index in [0.717, 1.165) is 57.6 Å². The van der Waals surface area contributed by atoms with Crippen molar-refractivity contribution in [3.63, 3.8) is 0 Å². The first kappa shape index (κ1) is 19.7. The summed E-state index contributed by atoms with van der Waals surface area (Å²) in [5, 5.41) is 3.58. The Labute approximate surface area is 169 Å². The molecule has 1 aromatic rings. The van der Waals surface area contributed by atoms with Crippen molar-refractivity contribution in [2.45, 2.75) is 63.6 Å². The number of rotatable bonds is 3. The van der Waals surface area contributed by atoms with E-state index in [1.165, 1.54) is 18.4 Å². The smallest absolute Gasteiger partial charge is 0.236 e. The number of hydrogen-bond donors (Lipinski definition) is 1. The average Bonchev–Trinajstić information content (AvgIpc) is 2.87. The summed E-state index contributed by atoms with van der Waals surface area (Å²) in [6, 6.07) is 8.69. The molecule has 1 saturated carbocycles. The van der Waals surface area contributed by atoms with E-state index < -0.39 is 0 Å². The summed E-state index contributed by atoms with van der Waals surface area (Å²) in [5.41, 5.74) is 1.11. The maximum absolute atomic E-state index is 12.8. The summed E-state index contributed by atoms with van der Waals surface area (Å²) < 4.78 is 6.53. The maximum atomic E-state index is 12.8. The van der Waals surface area contributed by atoms with Crippen molar-refractivity contribution in [1.29, 1.82) is 0 Å². The maximum Gasteiger partial charge on any atom is 0.236 e. The second-order valence-electron chi connectivity index (χ2n) is 9.21. The van der Waals surface area contributed by atoms with Crippen molar-refractivity contribution in [3.05, 3.63) is 29.8 Å². The van der Waals surface area contributed by atoms with Gasteiger partial charge in [-0.15, -0.1) is 0 Å². The quantitative estimate of drug-likeness (QED) is 0.869. The number of fused-ring (bicyclic) bond motifs is 1. The lowest BCUT2D eigenvalue weighted by molar-refractivity contribution is -0.135. The number of likely N-dealkylation sites (tertiary alicyclic amines) is 1. The zero-order valence-corrected chi connectivity index (χ0v) is 17.5. The normalized spacial score (nSPS) is 30.9. The number of benzene rings is 1. The van der Waals surface area contributed by atoms with E-state index in [1.54, 1.807) is 0 Å². The SMILES string of the molecule is C[C@@H]1CCCN(CC(=O)N(C)C2CCC3(CC2)CNCc2ccccc2O3)C1. The average molecular weight is 386 g/mol. The van der Waals surface area contributed by atoms with Gasteiger partial charge in [-0.05, 0) is 57.1 Å². The van der Waals surface area contributed by atoms with Crippen LogP contribution in [0, 0.1) is 5.92 Å². The minimum Gasteiger partial charge on any atom is -0.486 e. The third kappa shape index (κ3) is 4.36. The van der Waals surface area contributed by atoms with Crippen molar-refractivity contribution in [1.82, 2.24) is 15.1 Å². The molecule has 0 aromatic heterocycles. The highest BCUT2D eigenvalue weighted by Crippen LogP contribution is 2.37. The Hall–Kier alpha value is -1.59. The van der Waals surface area contributed by atoms with Crippen LogP contribution in [0.5, 0.6) is 5.75 Å². The molecule has 0 radical (unpaired) electrons. The summed E-state index contributed by atoms with van der Waals surface area (Å²) >= 11 is 0. The number of likely N-dealkylation sites (N-methyl/N-ethyl adjacent to an activating group) is 1. The molecular weight excluding hydrogens is 350 g/mol. The third-order valence-corrected chi connectivity index (χ3v) is 6.97. The lowest BCUT2D eigenvalue weighted by Crippen LogP contribution is -2.52. The van der Waals surface area contributed by atoms with Gasteiger partial charge in [0, 0.05) is 38.3 Å². The molecular formula is C23H35N3O2. The first-order chi connectivity index (χ1) is 13.5. The number of nitrogens with zero attached hydrogens (tertiary/aromatic N) is 2. The summed E-state index contributed by atoms with van der Waals surface area (Å²) in [4.78, 5) is 17.2. The molecule has 5 heteroatoms. The van der Waals surface area contributed by atoms with Gasteiger partial charge in [0.15, 0.2) is 0 Å². The zero-order chi connectivity index (χ0) is 19.6. The van der Waals surface area contributed by atoms with E-state index >= 15 is 0 Å². The Morgan fingerprint density at radius 1 is 1.29 bits per heavy atom. The Balaban J connectivity index is 1.32. The van der Waals surface area contributed by atoms with Gasteiger partial charge in [-0.1, -0.05) is 25.1 Å². The highest BCUT2D eigenvalue weighted by Gasteiger charge is 2.40. The van der Waals surface area contributed by atoms with Gasteiger partial charge in [0.1, 0.15) is 11.4 Å². The number of piperidine rings is 1. The fourth-order valence-corrected chi connectivity index (χ4v) is 5.18. The van der Waals surface area contributed by atoms with E-state index in [4.69, 9.17) is 4.74 Å². The predicted octanol–water partition coefficient (Wildman–Crippen LogP) is 3.04. The molecule has 4 rings (SSSR count). The Bertz CT molecular complexity index is 684. The number of carbonyl (C=O) groups excluding carboxylic acids is 1. The molecule has 1 N–H and O–H groups in total. The van der Waals surface area contributed by atoms with Crippen LogP contribution in [0.15, 0.2) is 24.3 Å². The molecule has 2 fully saturated rings. The molecule has 1 atom stereocenters. The van der Waals surface area contributed by atoms with Crippen molar-refractivity contribution in [2.24, 2.45) is 5.92 Å². The fourth-order valence-electron chi connectivity index (χ4n) is 5.18. The van der Waals surface area contributed by atoms with E-state index in [0.29, 0.717) is 18.5 Å². The van der Waals surface area contributed by atoms with E-state index in [9.17, 15) is 4.79 Å². The van der Waals surface area contributed by atoms with Crippen LogP contribution in [0.25, 0.3) is 0 Å². The van der Waals surface area contributed by atoms with Gasteiger partial charge in [0.2, 0.25) is 5.91 Å². The molecule has 28 heavy (non-hydrogen) atoms. The highest BCUT2D eigenvalue weighted by atomic mass is 16.5. The van der Waals surface area contributed by atoms with Crippen molar-refractivity contribution < 1.29 is 9.53 Å². The molecule has 0 bridgehead atoms. The van der Waals surface area contributed by atoms with E-state index in [1.807, 2.05) is 11.9 Å². The largest absolute Gasteiger partial charge is 0.486 e. The van der Waals surface area contributed by atoms with Gasteiger partial charge in [0.05, 0.1) is 6.54 Å². The predicted molar refractivity (Wildman–Crippen MR) is 111 cm³/mol. The van der Waals surface area contributed by atoms with Crippen LogP contribution in [0.1, 0.15) is 51.0 Å². The number of ether oxygens (including phenoxy) is 1. The van der Waals surface area contributed by atoms with Crippen LogP contribution in [0.2, 0.25) is 0 Å². The fraction of sp³-hybridized carbons (Fsp3) is 0.696. The van der Waals surface area contributed by atoms with Gasteiger partial charge in [0.25, 0.3) is 0 Å². The molecule has 154 valence electrons. The van der Waals surface area contributed by atoms with Gasteiger partial charge in [-0.2, -0.15) is 0 Å². The molecule has 1 aliphatic carbocycles. The number of amides is 1. The Kier molecular flexibility index (Phi) is 5.93. The summed E-state index contributed by atoms with van der Waals surface area (Å²) in [6.45, 7) is 6.75. The molecule has 1 saturated heterocycles. The number of nitrogens with one attached hydrogen (secondary N) is 1. The molecule has 3 aliphatic rings. The lowest BCUT2D eigenvalue weighted by atomic mass is 9.81. The zero-order valence-electron chi connectivity index (χ0n) is 17.5. The Morgan fingerprint density at radius 3 is 2.86 bits per heavy atom. The minimum atomic E-state index is -0.130. The second kappa shape index (κ2) is 8.42. The molecule has 5 nitrogen and oxygen atoms in total. The van der Waals surface area contributed by atoms with Crippen LogP contribution >= 0.6 is 0 Å². The third-order valence-electron chi connectivity index (χ3n) is 6.97. The van der Waals surface area contributed by atoms with Gasteiger partial charge >= 0.3 is 0 Å². The highest BCUT2D eigenvalue weighted by molar-refractivity contribution is 5.78. The number of carbonyl (C=O) groups is 1. The Morgan fingerprint density at radius 2 is 2.07 bits per heavy atom. The topological polar surface area (TPSA) is 44.8 Å². The lowest BCUT2D eigenvalue weighted by Gasteiger charge is -2.42. The van der Waals surface area contributed by atoms with Crippen LogP contribution in [0.4, 0.5) is 0 Å². The molecule has 1 amide bonds. The van der Waals surface area contributed by atoms with Crippen molar-refractivity contribution in [2.75, 3.05) is 33.2 Å². The second-order valence-corrected chi connectivity index (χ2v) is 9.21. The summed E-state index contributed by atoms with van der Waals surface area (Å²) in [5.74, 6) is 2.01. The van der Waals surface area contributed by atoms with Gasteiger partial charge < -0.3 is 15.0 Å². The summed E-state index contributed by atoms with van der Waals surface area (Å²) in [7, 11) is 2.00. The van der Waals surface area contributed by atoms with Crippen LogP contribution in [-0.2, 0) is 11.3 Å². The number of para-hydroxylation sites is 1. The molecule has 0 unspecified atom stereocenters. The van der Waals surface area contributed by atoms with E-state index in [2.05, 4.69) is 41.4 Å². The first-order valence-corrected chi connectivity index (χ1v) is 11.0. The number of hydrogen-bond acceptors (Lipinski definition) is 4. The van der Waals surface area contributed by atoms with Crippen molar-refractivity contribution >= 4 is 5.91 Å². The standard InChI is InChI=1S/C23H35N3O2/c1-18-6-5-13-26(15-18)16-22(27)25(2)20-9-11-23(12-10-20)17-24-14-19-7-3-4-8-21(19)28-23/h3-4,7-8,18,20,24H,5-6,9-17H2,1-2H3/t18-,20?,23?/m1/s1.